The number of ketones is 1. The monoisotopic (exact) mass is 340 g/mol. The molecule has 16 heavy (non-hydrogen) atoms. The van der Waals surface area contributed by atoms with Crippen LogP contribution in [0.4, 0.5) is 0 Å². The van der Waals surface area contributed by atoms with Crippen molar-refractivity contribution in [2.24, 2.45) is 5.41 Å². The first kappa shape index (κ1) is 16.0. The molecule has 0 radical (unpaired) electrons. The van der Waals surface area contributed by atoms with Gasteiger partial charge in [0.2, 0.25) is 0 Å². The minimum atomic E-state index is 0.0162. The van der Waals surface area contributed by atoms with Gasteiger partial charge >= 0.3 is 0 Å². The Morgan fingerprint density at radius 1 is 1.12 bits per heavy atom. The molecule has 0 amide bonds. The van der Waals surface area contributed by atoms with Crippen LogP contribution in [0.15, 0.2) is 0 Å². The van der Waals surface area contributed by atoms with Gasteiger partial charge in [-0.05, 0) is 47.8 Å². The molecule has 94 valence electrons. The van der Waals surface area contributed by atoms with E-state index in [4.69, 9.17) is 5.11 Å². The van der Waals surface area contributed by atoms with Crippen LogP contribution in [0.25, 0.3) is 0 Å². The number of Topliss-reactive ketones (excluding diaryl/α,β-unsaturated/α-hetero) is 1. The molecule has 1 fully saturated rings. The maximum atomic E-state index is 11.2. The van der Waals surface area contributed by atoms with Gasteiger partial charge in [0.05, 0.1) is 0 Å². The lowest BCUT2D eigenvalue weighted by Gasteiger charge is -2.35. The van der Waals surface area contributed by atoms with Gasteiger partial charge < -0.3 is 9.90 Å². The Kier molecular flexibility index (Phi) is 8.18. The molecule has 0 aliphatic heterocycles. The Morgan fingerprint density at radius 2 is 1.62 bits per heavy atom. The first-order chi connectivity index (χ1) is 7.54. The lowest BCUT2D eigenvalue weighted by Crippen LogP contribution is -2.28. The molecule has 0 aromatic rings. The van der Waals surface area contributed by atoms with Gasteiger partial charge in [0.25, 0.3) is 0 Å². The lowest BCUT2D eigenvalue weighted by molar-refractivity contribution is -0.121. The number of aliphatic hydroxyl groups excluding tert-OH is 1. The van der Waals surface area contributed by atoms with Crippen LogP contribution in [-0.4, -0.2) is 21.8 Å². The molecular weight excluding hydrogens is 319 g/mol. The highest BCUT2D eigenvalue weighted by molar-refractivity contribution is 14.1. The van der Waals surface area contributed by atoms with Crippen LogP contribution in [0.3, 0.4) is 0 Å². The highest BCUT2D eigenvalue weighted by Crippen LogP contribution is 2.43. The summed E-state index contributed by atoms with van der Waals surface area (Å²) in [7, 11) is 1.00. The van der Waals surface area contributed by atoms with E-state index in [2.05, 4.69) is 0 Å². The molecular formula is C12H21IO3. The molecule has 0 heterocycles. The predicted molar refractivity (Wildman–Crippen MR) is 72.6 cm³/mol. The highest BCUT2D eigenvalue weighted by Gasteiger charge is 2.34. The fraction of sp³-hybridized carbons (Fsp3) is 0.833. The highest BCUT2D eigenvalue weighted by atomic mass is 127. The molecule has 0 aromatic heterocycles. The standard InChI is InChI=1S/C11H17IO2.CH4O/c1-9(13)7-11(8-10(12)14)5-3-2-4-6-11;1-2/h2-8H2,1H3;2H,1H3. The SMILES string of the molecule is CC(=O)CC1(CC(=O)I)CCCCC1.CO. The zero-order valence-corrected chi connectivity index (χ0v) is 12.2. The van der Waals surface area contributed by atoms with Crippen LogP contribution in [0.2, 0.25) is 0 Å². The average molecular weight is 340 g/mol. The summed E-state index contributed by atoms with van der Waals surface area (Å²) in [4.78, 5) is 22.4. The number of hydrogen-bond acceptors (Lipinski definition) is 3. The van der Waals surface area contributed by atoms with Crippen LogP contribution in [-0.2, 0) is 9.59 Å². The van der Waals surface area contributed by atoms with Crippen molar-refractivity contribution in [3.63, 3.8) is 0 Å². The van der Waals surface area contributed by atoms with Crippen molar-refractivity contribution >= 4 is 32.2 Å². The van der Waals surface area contributed by atoms with E-state index in [0.29, 0.717) is 12.8 Å². The Labute approximate surface area is 111 Å². The number of carbonyl (C=O) groups excluding carboxylic acids is 2. The first-order valence-electron chi connectivity index (χ1n) is 5.67. The average Bonchev–Trinajstić information content (AvgIpc) is 2.19. The van der Waals surface area contributed by atoms with Crippen LogP contribution < -0.4 is 0 Å². The summed E-state index contributed by atoms with van der Waals surface area (Å²) < 4.78 is 0.200. The smallest absolute Gasteiger partial charge is 0.192 e. The molecule has 0 bridgehead atoms. The van der Waals surface area contributed by atoms with E-state index in [1.165, 1.54) is 19.3 Å². The molecule has 4 heteroatoms. The van der Waals surface area contributed by atoms with E-state index in [-0.39, 0.29) is 15.0 Å². The second-order valence-electron chi connectivity index (χ2n) is 4.47. The predicted octanol–water partition coefficient (Wildman–Crippen LogP) is 2.88. The Hall–Kier alpha value is 0.0300. The second-order valence-corrected chi connectivity index (χ2v) is 5.67. The number of aliphatic hydroxyl groups is 1. The fourth-order valence-electron chi connectivity index (χ4n) is 2.54. The quantitative estimate of drug-likeness (QED) is 0.632. The van der Waals surface area contributed by atoms with Crippen LogP contribution in [0, 0.1) is 5.41 Å². The topological polar surface area (TPSA) is 54.4 Å². The van der Waals surface area contributed by atoms with Gasteiger partial charge in [0.1, 0.15) is 5.78 Å². The minimum absolute atomic E-state index is 0.0162. The molecule has 1 saturated carbocycles. The van der Waals surface area contributed by atoms with E-state index in [1.807, 2.05) is 22.6 Å². The summed E-state index contributed by atoms with van der Waals surface area (Å²) in [5.41, 5.74) is 0.0162. The van der Waals surface area contributed by atoms with E-state index in [1.54, 1.807) is 6.92 Å². The lowest BCUT2D eigenvalue weighted by atomic mass is 9.69. The summed E-state index contributed by atoms with van der Waals surface area (Å²) in [6, 6.07) is 0. The second kappa shape index (κ2) is 8.17. The van der Waals surface area contributed by atoms with Crippen molar-refractivity contribution < 1.29 is 14.7 Å². The van der Waals surface area contributed by atoms with Gasteiger partial charge in [-0.2, -0.15) is 0 Å². The van der Waals surface area contributed by atoms with E-state index in [9.17, 15) is 9.59 Å². The summed E-state index contributed by atoms with van der Waals surface area (Å²) in [5.74, 6) is 0.226. The third kappa shape index (κ3) is 5.94. The van der Waals surface area contributed by atoms with E-state index < -0.39 is 0 Å². The van der Waals surface area contributed by atoms with Crippen LogP contribution in [0.5, 0.6) is 0 Å². The van der Waals surface area contributed by atoms with E-state index >= 15 is 0 Å². The van der Waals surface area contributed by atoms with Crippen molar-refractivity contribution in [1.29, 1.82) is 0 Å². The normalized spacial score (nSPS) is 18.2. The van der Waals surface area contributed by atoms with Crippen molar-refractivity contribution in [2.45, 2.75) is 51.9 Å². The molecule has 0 aromatic carbocycles. The third-order valence-corrected chi connectivity index (χ3v) is 3.43. The Bertz CT molecular complexity index is 214. The Morgan fingerprint density at radius 3 is 2.00 bits per heavy atom. The van der Waals surface area contributed by atoms with Gasteiger partial charge in [-0.1, -0.05) is 19.3 Å². The van der Waals surface area contributed by atoms with Crippen LogP contribution in [0.1, 0.15) is 51.9 Å². The first-order valence-corrected chi connectivity index (χ1v) is 6.74. The zero-order valence-electron chi connectivity index (χ0n) is 10.1. The zero-order chi connectivity index (χ0) is 12.6. The molecule has 1 N–H and O–H groups in total. The van der Waals surface area contributed by atoms with Gasteiger partial charge in [-0.25, -0.2) is 0 Å². The van der Waals surface area contributed by atoms with Crippen molar-refractivity contribution in [3.8, 4) is 0 Å². The molecule has 0 saturated heterocycles. The molecule has 0 unspecified atom stereocenters. The van der Waals surface area contributed by atoms with Gasteiger partial charge in [-0.15, -0.1) is 0 Å². The number of carbonyl (C=O) groups is 2. The third-order valence-electron chi connectivity index (χ3n) is 3.05. The summed E-state index contributed by atoms with van der Waals surface area (Å²) in [5, 5.41) is 7.00. The van der Waals surface area contributed by atoms with Gasteiger partial charge in [0, 0.05) is 20.0 Å². The largest absolute Gasteiger partial charge is 0.400 e. The summed E-state index contributed by atoms with van der Waals surface area (Å²) in [6.07, 6.45) is 6.92. The maximum Gasteiger partial charge on any atom is 0.192 e. The molecule has 1 aliphatic rings. The van der Waals surface area contributed by atoms with Crippen molar-refractivity contribution in [3.05, 3.63) is 0 Å². The molecule has 1 rings (SSSR count). The van der Waals surface area contributed by atoms with E-state index in [0.717, 1.165) is 20.0 Å². The Balaban J connectivity index is 0.00000106. The number of rotatable bonds is 4. The molecule has 0 spiro atoms. The molecule has 3 nitrogen and oxygen atoms in total. The van der Waals surface area contributed by atoms with Gasteiger partial charge in [-0.3, -0.25) is 4.79 Å². The van der Waals surface area contributed by atoms with Crippen LogP contribution >= 0.6 is 22.6 Å². The van der Waals surface area contributed by atoms with Gasteiger partial charge in [0.15, 0.2) is 3.79 Å². The fourth-order valence-corrected chi connectivity index (χ4v) is 3.35. The maximum absolute atomic E-state index is 11.2. The van der Waals surface area contributed by atoms with Crippen molar-refractivity contribution in [1.82, 2.24) is 0 Å². The summed E-state index contributed by atoms with van der Waals surface area (Å²) in [6.45, 7) is 1.63. The number of halogens is 1. The molecule has 0 atom stereocenters. The number of hydrogen-bond donors (Lipinski definition) is 1. The summed E-state index contributed by atoms with van der Waals surface area (Å²) >= 11 is 1.85. The van der Waals surface area contributed by atoms with Crippen molar-refractivity contribution in [2.75, 3.05) is 7.11 Å². The molecule has 1 aliphatic carbocycles. The minimum Gasteiger partial charge on any atom is -0.400 e.